The summed E-state index contributed by atoms with van der Waals surface area (Å²) in [6.45, 7) is 6.40. The number of Topliss-reactive ketones (excluding diaryl/α,β-unsaturated/α-hetero) is 1. The van der Waals surface area contributed by atoms with Crippen molar-refractivity contribution >= 4 is 28.8 Å². The maximum atomic E-state index is 13.3. The molecule has 1 fully saturated rings. The van der Waals surface area contributed by atoms with E-state index in [0.717, 1.165) is 16.8 Å². The molecule has 5 nitrogen and oxygen atoms in total. The van der Waals surface area contributed by atoms with Gasteiger partial charge in [-0.1, -0.05) is 75.4 Å². The second kappa shape index (κ2) is 8.82. The molecule has 4 rings (SSSR count). The highest BCUT2D eigenvalue weighted by Crippen LogP contribution is 2.42. The van der Waals surface area contributed by atoms with Gasteiger partial charge in [0.15, 0.2) is 0 Å². The number of nitrogens with zero attached hydrogens (tertiary/aromatic N) is 2. The number of ketones is 1. The number of rotatable bonds is 4. The molecule has 5 heteroatoms. The molecular weight excluding hydrogens is 424 g/mol. The molecule has 1 saturated heterocycles. The number of carbonyl (C=O) groups is 2. The number of anilines is 2. The highest BCUT2D eigenvalue weighted by atomic mass is 16.3. The van der Waals surface area contributed by atoms with Crippen molar-refractivity contribution in [3.8, 4) is 0 Å². The van der Waals surface area contributed by atoms with Crippen molar-refractivity contribution < 1.29 is 14.7 Å². The lowest BCUT2D eigenvalue weighted by molar-refractivity contribution is -0.132. The lowest BCUT2D eigenvalue weighted by atomic mass is 9.85. The van der Waals surface area contributed by atoms with Gasteiger partial charge in [-0.25, -0.2) is 0 Å². The predicted octanol–water partition coefficient (Wildman–Crippen LogP) is 5.68. The summed E-state index contributed by atoms with van der Waals surface area (Å²) in [5.41, 5.74) is 4.05. The average Bonchev–Trinajstić information content (AvgIpc) is 3.09. The monoisotopic (exact) mass is 454 g/mol. The molecule has 1 heterocycles. The number of amides is 1. The number of carbonyl (C=O) groups excluding carboxylic acids is 2. The average molecular weight is 455 g/mol. The Hall–Kier alpha value is -3.86. The van der Waals surface area contributed by atoms with Crippen molar-refractivity contribution in [1.29, 1.82) is 0 Å². The zero-order valence-corrected chi connectivity index (χ0v) is 20.2. The van der Waals surface area contributed by atoms with Crippen LogP contribution < -0.4 is 9.80 Å². The van der Waals surface area contributed by atoms with Crippen LogP contribution in [0, 0.1) is 0 Å². The van der Waals surface area contributed by atoms with Crippen molar-refractivity contribution in [2.45, 2.75) is 32.2 Å². The molecule has 0 saturated carbocycles. The Kier molecular flexibility index (Phi) is 6.05. The number of hydrogen-bond acceptors (Lipinski definition) is 4. The number of aliphatic hydroxyl groups excluding tert-OH is 1. The van der Waals surface area contributed by atoms with Gasteiger partial charge in [-0.2, -0.15) is 0 Å². The Morgan fingerprint density at radius 3 is 1.97 bits per heavy atom. The van der Waals surface area contributed by atoms with Gasteiger partial charge >= 0.3 is 0 Å². The van der Waals surface area contributed by atoms with Gasteiger partial charge in [-0.05, 0) is 40.8 Å². The number of hydrogen-bond donors (Lipinski definition) is 1. The van der Waals surface area contributed by atoms with E-state index in [2.05, 4.69) is 20.8 Å². The van der Waals surface area contributed by atoms with E-state index in [1.807, 2.05) is 73.6 Å². The number of aliphatic hydroxyl groups is 1. The van der Waals surface area contributed by atoms with Crippen LogP contribution >= 0.6 is 0 Å². The minimum atomic E-state index is -0.737. The zero-order chi connectivity index (χ0) is 24.6. The smallest absolute Gasteiger partial charge is 0.300 e. The highest BCUT2D eigenvalue weighted by Gasteiger charge is 2.47. The highest BCUT2D eigenvalue weighted by molar-refractivity contribution is 6.51. The van der Waals surface area contributed by atoms with E-state index in [1.165, 1.54) is 4.90 Å². The molecule has 1 aliphatic rings. The quantitative estimate of drug-likeness (QED) is 0.313. The molecule has 0 aliphatic carbocycles. The lowest BCUT2D eigenvalue weighted by Crippen LogP contribution is -2.29. The van der Waals surface area contributed by atoms with Gasteiger partial charge in [0.1, 0.15) is 5.76 Å². The Balaban J connectivity index is 1.90. The lowest BCUT2D eigenvalue weighted by Gasteiger charge is -2.27. The predicted molar refractivity (Wildman–Crippen MR) is 137 cm³/mol. The molecule has 34 heavy (non-hydrogen) atoms. The Morgan fingerprint density at radius 2 is 1.44 bits per heavy atom. The molecule has 0 spiro atoms. The maximum absolute atomic E-state index is 13.3. The van der Waals surface area contributed by atoms with Gasteiger partial charge in [0.2, 0.25) is 0 Å². The van der Waals surface area contributed by atoms with E-state index in [0.29, 0.717) is 11.3 Å². The molecule has 1 amide bonds. The topological polar surface area (TPSA) is 60.9 Å². The molecule has 1 atom stereocenters. The van der Waals surface area contributed by atoms with Crippen LogP contribution in [0.25, 0.3) is 5.76 Å². The molecule has 0 radical (unpaired) electrons. The van der Waals surface area contributed by atoms with E-state index in [4.69, 9.17) is 0 Å². The maximum Gasteiger partial charge on any atom is 0.300 e. The fourth-order valence-corrected chi connectivity index (χ4v) is 4.24. The molecule has 0 aromatic heterocycles. The van der Waals surface area contributed by atoms with Crippen molar-refractivity contribution in [3.05, 3.63) is 101 Å². The summed E-state index contributed by atoms with van der Waals surface area (Å²) in [5.74, 6) is -1.51. The van der Waals surface area contributed by atoms with E-state index in [-0.39, 0.29) is 16.7 Å². The second-order valence-corrected chi connectivity index (χ2v) is 9.82. The molecule has 1 N–H and O–H groups in total. The third-order valence-corrected chi connectivity index (χ3v) is 6.23. The van der Waals surface area contributed by atoms with E-state index < -0.39 is 17.7 Å². The minimum Gasteiger partial charge on any atom is -0.507 e. The van der Waals surface area contributed by atoms with Crippen LogP contribution in [0.4, 0.5) is 11.4 Å². The largest absolute Gasteiger partial charge is 0.507 e. The first kappa shape index (κ1) is 23.3. The fraction of sp³-hybridized carbons (Fsp3) is 0.241. The van der Waals surface area contributed by atoms with E-state index >= 15 is 0 Å². The zero-order valence-electron chi connectivity index (χ0n) is 20.2. The molecule has 3 aromatic carbocycles. The van der Waals surface area contributed by atoms with Crippen LogP contribution in [0.15, 0.2) is 84.4 Å². The van der Waals surface area contributed by atoms with Crippen molar-refractivity contribution in [3.63, 3.8) is 0 Å². The van der Waals surface area contributed by atoms with Crippen molar-refractivity contribution in [2.24, 2.45) is 0 Å². The summed E-state index contributed by atoms with van der Waals surface area (Å²) in [7, 11) is 3.88. The molecule has 3 aromatic rings. The third kappa shape index (κ3) is 4.21. The van der Waals surface area contributed by atoms with Crippen LogP contribution in [0.5, 0.6) is 0 Å². The Bertz CT molecular complexity index is 1240. The normalized spacial score (nSPS) is 17.8. The van der Waals surface area contributed by atoms with Crippen LogP contribution in [0.1, 0.15) is 43.5 Å². The molecular formula is C29H30N2O3. The summed E-state index contributed by atoms with van der Waals surface area (Å²) >= 11 is 0. The van der Waals surface area contributed by atoms with Crippen LogP contribution in [0.3, 0.4) is 0 Å². The van der Waals surface area contributed by atoms with Crippen LogP contribution in [-0.4, -0.2) is 30.9 Å². The summed E-state index contributed by atoms with van der Waals surface area (Å²) in [4.78, 5) is 30.0. The van der Waals surface area contributed by atoms with Crippen molar-refractivity contribution in [1.82, 2.24) is 0 Å². The van der Waals surface area contributed by atoms with Gasteiger partial charge in [0.05, 0.1) is 11.6 Å². The van der Waals surface area contributed by atoms with Crippen LogP contribution in [0.2, 0.25) is 0 Å². The molecule has 1 aliphatic heterocycles. The van der Waals surface area contributed by atoms with E-state index in [9.17, 15) is 14.7 Å². The van der Waals surface area contributed by atoms with Gasteiger partial charge in [-0.15, -0.1) is 0 Å². The minimum absolute atomic E-state index is 0.0353. The number of benzene rings is 3. The fourth-order valence-electron chi connectivity index (χ4n) is 4.24. The Morgan fingerprint density at radius 1 is 0.853 bits per heavy atom. The van der Waals surface area contributed by atoms with Gasteiger partial charge in [0.25, 0.3) is 11.7 Å². The molecule has 174 valence electrons. The summed E-state index contributed by atoms with van der Waals surface area (Å²) < 4.78 is 0. The molecule has 0 bridgehead atoms. The first-order chi connectivity index (χ1) is 16.1. The second-order valence-electron chi connectivity index (χ2n) is 9.82. The first-order valence-electron chi connectivity index (χ1n) is 11.3. The third-order valence-electron chi connectivity index (χ3n) is 6.23. The van der Waals surface area contributed by atoms with Gasteiger partial charge < -0.3 is 10.0 Å². The SMILES string of the molecule is CN(C)c1ccc(N2C(=O)C(=O)/C(=C(\O)c3ccccc3)C2c2ccc(C(C)(C)C)cc2)cc1. The standard InChI is InChI=1S/C29H30N2O3/c1-29(2,3)21-13-11-19(12-14-21)25-24(26(32)20-9-7-6-8-10-20)27(33)28(34)31(25)23-17-15-22(16-18-23)30(4)5/h6-18,25,32H,1-5H3/b26-24-. The summed E-state index contributed by atoms with van der Waals surface area (Å²) in [5, 5.41) is 11.2. The summed E-state index contributed by atoms with van der Waals surface area (Å²) in [6.07, 6.45) is 0. The van der Waals surface area contributed by atoms with Gasteiger partial charge in [0, 0.05) is 31.0 Å². The molecule has 1 unspecified atom stereocenters. The van der Waals surface area contributed by atoms with Crippen molar-refractivity contribution in [2.75, 3.05) is 23.9 Å². The Labute approximate surface area is 201 Å². The van der Waals surface area contributed by atoms with Crippen LogP contribution in [-0.2, 0) is 15.0 Å². The van der Waals surface area contributed by atoms with E-state index in [1.54, 1.807) is 24.3 Å². The summed E-state index contributed by atoms with van der Waals surface area (Å²) in [6, 6.07) is 23.5. The first-order valence-corrected chi connectivity index (χ1v) is 11.3. The van der Waals surface area contributed by atoms with Gasteiger partial charge in [-0.3, -0.25) is 14.5 Å².